The number of rotatable bonds is 8. The second kappa shape index (κ2) is 8.89. The number of alkyl halides is 3. The van der Waals surface area contributed by atoms with Crippen LogP contribution in [-0.4, -0.2) is 35.7 Å². The standard InChI is InChI=1S/C19H23F3N2O2/c1-3-23(4-2)12-5-13-26-17-9-7-16(8-10-17)24-14-15(19(20,21)22)6-11-18(24)25/h6-11,14H,3-5,12-13H2,1-2H3. The van der Waals surface area contributed by atoms with Gasteiger partial charge in [-0.05, 0) is 49.8 Å². The second-order valence-electron chi connectivity index (χ2n) is 5.85. The topological polar surface area (TPSA) is 34.5 Å². The molecule has 0 aliphatic carbocycles. The Kier molecular flexibility index (Phi) is 6.85. The lowest BCUT2D eigenvalue weighted by Gasteiger charge is -2.17. The number of hydrogen-bond donors (Lipinski definition) is 0. The summed E-state index contributed by atoms with van der Waals surface area (Å²) in [6.07, 6.45) is -2.80. The zero-order chi connectivity index (χ0) is 19.2. The van der Waals surface area contributed by atoms with E-state index in [-0.39, 0.29) is 0 Å². The van der Waals surface area contributed by atoms with Crippen molar-refractivity contribution in [1.82, 2.24) is 9.47 Å². The second-order valence-corrected chi connectivity index (χ2v) is 5.85. The molecule has 0 N–H and O–H groups in total. The minimum Gasteiger partial charge on any atom is -0.494 e. The molecule has 0 spiro atoms. The first-order valence-corrected chi connectivity index (χ1v) is 8.60. The molecule has 142 valence electrons. The van der Waals surface area contributed by atoms with E-state index in [1.807, 2.05) is 0 Å². The SMILES string of the molecule is CCN(CC)CCCOc1ccc(-n2cc(C(F)(F)F)ccc2=O)cc1. The Balaban J connectivity index is 2.02. The first-order chi connectivity index (χ1) is 12.3. The molecule has 7 heteroatoms. The van der Waals surface area contributed by atoms with Crippen LogP contribution in [0.2, 0.25) is 0 Å². The Morgan fingerprint density at radius 3 is 2.27 bits per heavy atom. The minimum absolute atomic E-state index is 0.358. The summed E-state index contributed by atoms with van der Waals surface area (Å²) in [5, 5.41) is 0. The van der Waals surface area contributed by atoms with Gasteiger partial charge in [0.25, 0.3) is 5.56 Å². The Labute approximate surface area is 150 Å². The average molecular weight is 368 g/mol. The van der Waals surface area contributed by atoms with Crippen LogP contribution in [0.4, 0.5) is 13.2 Å². The quantitative estimate of drug-likeness (QED) is 0.662. The fraction of sp³-hybridized carbons (Fsp3) is 0.421. The molecule has 0 aliphatic heterocycles. The van der Waals surface area contributed by atoms with Gasteiger partial charge in [0.1, 0.15) is 5.75 Å². The molecule has 0 bridgehead atoms. The van der Waals surface area contributed by atoms with Gasteiger partial charge in [-0.1, -0.05) is 13.8 Å². The molecule has 0 atom stereocenters. The highest BCUT2D eigenvalue weighted by molar-refractivity contribution is 5.38. The van der Waals surface area contributed by atoms with Crippen molar-refractivity contribution in [2.75, 3.05) is 26.2 Å². The Morgan fingerprint density at radius 1 is 1.04 bits per heavy atom. The highest BCUT2D eigenvalue weighted by Crippen LogP contribution is 2.28. The molecule has 2 aromatic rings. The highest BCUT2D eigenvalue weighted by Gasteiger charge is 2.31. The Bertz CT molecular complexity index is 751. The number of aromatic nitrogens is 1. The molecule has 0 amide bonds. The monoisotopic (exact) mass is 368 g/mol. The van der Waals surface area contributed by atoms with Crippen LogP contribution < -0.4 is 10.3 Å². The van der Waals surface area contributed by atoms with Crippen LogP contribution in [0.25, 0.3) is 5.69 Å². The van der Waals surface area contributed by atoms with E-state index in [0.717, 1.165) is 49.0 Å². The van der Waals surface area contributed by atoms with E-state index in [1.165, 1.54) is 0 Å². The Hall–Kier alpha value is -2.28. The molecule has 26 heavy (non-hydrogen) atoms. The zero-order valence-corrected chi connectivity index (χ0v) is 14.9. The van der Waals surface area contributed by atoms with Crippen molar-refractivity contribution < 1.29 is 17.9 Å². The van der Waals surface area contributed by atoms with Gasteiger partial charge in [0.2, 0.25) is 0 Å². The summed E-state index contributed by atoms with van der Waals surface area (Å²) in [6.45, 7) is 7.72. The number of nitrogens with zero attached hydrogens (tertiary/aromatic N) is 2. The summed E-state index contributed by atoms with van der Waals surface area (Å²) in [4.78, 5) is 14.2. The third kappa shape index (κ3) is 5.36. The molecule has 1 aromatic carbocycles. The van der Waals surface area contributed by atoms with Gasteiger partial charge in [-0.3, -0.25) is 9.36 Å². The number of hydrogen-bond acceptors (Lipinski definition) is 3. The lowest BCUT2D eigenvalue weighted by atomic mass is 10.2. The maximum absolute atomic E-state index is 12.8. The molecule has 0 radical (unpaired) electrons. The fourth-order valence-corrected chi connectivity index (χ4v) is 2.58. The molecule has 0 unspecified atom stereocenters. The molecule has 0 saturated heterocycles. The Morgan fingerprint density at radius 2 is 1.69 bits per heavy atom. The normalized spacial score (nSPS) is 11.8. The maximum atomic E-state index is 12.8. The summed E-state index contributed by atoms with van der Waals surface area (Å²) in [6, 6.07) is 8.15. The molecule has 0 aliphatic rings. The summed E-state index contributed by atoms with van der Waals surface area (Å²) in [5.41, 5.74) is -1.03. The van der Waals surface area contributed by atoms with Crippen molar-refractivity contribution in [3.63, 3.8) is 0 Å². The molecule has 1 aromatic heterocycles. The molecular weight excluding hydrogens is 345 g/mol. The number of ether oxygens (including phenoxy) is 1. The van der Waals surface area contributed by atoms with Crippen LogP contribution in [0.5, 0.6) is 5.75 Å². The van der Waals surface area contributed by atoms with Gasteiger partial charge >= 0.3 is 6.18 Å². The van der Waals surface area contributed by atoms with Crippen molar-refractivity contribution in [2.45, 2.75) is 26.4 Å². The van der Waals surface area contributed by atoms with Crippen LogP contribution in [0, 0.1) is 0 Å². The van der Waals surface area contributed by atoms with E-state index in [0.29, 0.717) is 18.0 Å². The first-order valence-electron chi connectivity index (χ1n) is 8.60. The van der Waals surface area contributed by atoms with E-state index in [2.05, 4.69) is 18.7 Å². The van der Waals surface area contributed by atoms with Crippen LogP contribution >= 0.6 is 0 Å². The highest BCUT2D eigenvalue weighted by atomic mass is 19.4. The molecule has 0 saturated carbocycles. The molecule has 0 fully saturated rings. The number of halogens is 3. The predicted octanol–water partition coefficient (Wildman–Crippen LogP) is 3.97. The van der Waals surface area contributed by atoms with E-state index in [9.17, 15) is 18.0 Å². The van der Waals surface area contributed by atoms with Crippen LogP contribution in [0.3, 0.4) is 0 Å². The first kappa shape index (κ1) is 20.0. The lowest BCUT2D eigenvalue weighted by molar-refractivity contribution is -0.138. The van der Waals surface area contributed by atoms with E-state index in [4.69, 9.17) is 4.74 Å². The molecule has 4 nitrogen and oxygen atoms in total. The summed E-state index contributed by atoms with van der Waals surface area (Å²) in [7, 11) is 0. The summed E-state index contributed by atoms with van der Waals surface area (Å²) in [5.74, 6) is 0.619. The fourth-order valence-electron chi connectivity index (χ4n) is 2.58. The van der Waals surface area contributed by atoms with Crippen molar-refractivity contribution >= 4 is 0 Å². The van der Waals surface area contributed by atoms with Gasteiger partial charge in [0.15, 0.2) is 0 Å². The van der Waals surface area contributed by atoms with Crippen LogP contribution in [-0.2, 0) is 6.18 Å². The molecule has 1 heterocycles. The van der Waals surface area contributed by atoms with Crippen LogP contribution in [0.15, 0.2) is 47.4 Å². The summed E-state index contributed by atoms with van der Waals surface area (Å²) < 4.78 is 45.1. The predicted molar refractivity (Wildman–Crippen MR) is 94.9 cm³/mol. The maximum Gasteiger partial charge on any atom is 0.417 e. The number of benzene rings is 1. The molecular formula is C19H23F3N2O2. The lowest BCUT2D eigenvalue weighted by Crippen LogP contribution is -2.25. The van der Waals surface area contributed by atoms with E-state index in [1.54, 1.807) is 24.3 Å². The van der Waals surface area contributed by atoms with Gasteiger partial charge < -0.3 is 9.64 Å². The van der Waals surface area contributed by atoms with Gasteiger partial charge in [-0.2, -0.15) is 13.2 Å². The van der Waals surface area contributed by atoms with Crippen molar-refractivity contribution in [3.8, 4) is 11.4 Å². The van der Waals surface area contributed by atoms with Crippen molar-refractivity contribution in [1.29, 1.82) is 0 Å². The number of pyridine rings is 1. The van der Waals surface area contributed by atoms with Gasteiger partial charge in [-0.25, -0.2) is 0 Å². The van der Waals surface area contributed by atoms with E-state index < -0.39 is 17.3 Å². The summed E-state index contributed by atoms with van der Waals surface area (Å²) >= 11 is 0. The van der Waals surface area contributed by atoms with Gasteiger partial charge in [-0.15, -0.1) is 0 Å². The van der Waals surface area contributed by atoms with Gasteiger partial charge in [0.05, 0.1) is 12.2 Å². The third-order valence-corrected chi connectivity index (χ3v) is 4.14. The average Bonchev–Trinajstić information content (AvgIpc) is 2.62. The third-order valence-electron chi connectivity index (χ3n) is 4.14. The minimum atomic E-state index is -4.50. The zero-order valence-electron chi connectivity index (χ0n) is 14.9. The smallest absolute Gasteiger partial charge is 0.417 e. The van der Waals surface area contributed by atoms with Crippen LogP contribution in [0.1, 0.15) is 25.8 Å². The van der Waals surface area contributed by atoms with Gasteiger partial charge in [0, 0.05) is 24.5 Å². The van der Waals surface area contributed by atoms with Crippen molar-refractivity contribution in [2.24, 2.45) is 0 Å². The molecule has 2 rings (SSSR count). The van der Waals surface area contributed by atoms with E-state index >= 15 is 0 Å². The van der Waals surface area contributed by atoms with Crippen molar-refractivity contribution in [3.05, 3.63) is 58.5 Å². The largest absolute Gasteiger partial charge is 0.494 e.